The van der Waals surface area contributed by atoms with E-state index in [4.69, 9.17) is 0 Å². The van der Waals surface area contributed by atoms with Gasteiger partial charge in [0.1, 0.15) is 0 Å². The molecule has 0 bridgehead atoms. The minimum atomic E-state index is -3.62. The van der Waals surface area contributed by atoms with Gasteiger partial charge in [-0.05, 0) is 36.6 Å². The number of rotatable bonds is 10. The summed E-state index contributed by atoms with van der Waals surface area (Å²) in [6.45, 7) is 12.1. The number of sulfonamides is 1. The molecule has 0 aromatic heterocycles. The van der Waals surface area contributed by atoms with Gasteiger partial charge in [0.05, 0.1) is 4.90 Å². The van der Waals surface area contributed by atoms with Crippen molar-refractivity contribution in [3.63, 3.8) is 0 Å². The molecule has 1 amide bonds. The first-order valence-corrected chi connectivity index (χ1v) is 10.6. The number of carbonyl (C=O) groups excluding carboxylic acids is 1. The predicted molar refractivity (Wildman–Crippen MR) is 111 cm³/mol. The number of benzene rings is 1. The van der Waals surface area contributed by atoms with Crippen molar-refractivity contribution < 1.29 is 13.2 Å². The number of aryl methyl sites for hydroxylation is 1. The third-order valence-corrected chi connectivity index (χ3v) is 6.33. The fraction of sp³-hybridized carbons (Fsp3) is 0.381. The van der Waals surface area contributed by atoms with E-state index in [9.17, 15) is 13.2 Å². The topological polar surface area (TPSA) is 66.5 Å². The van der Waals surface area contributed by atoms with Crippen LogP contribution in [0.15, 0.2) is 59.6 Å². The molecule has 148 valence electrons. The van der Waals surface area contributed by atoms with E-state index in [1.54, 1.807) is 39.0 Å². The molecule has 0 saturated heterocycles. The SMILES string of the molecule is C=C/C=C\C(=C/CC)CNC(=O)c1ccc(C)c(S(=O)(=O)N(CC)CC)c1. The van der Waals surface area contributed by atoms with Crippen molar-refractivity contribution >= 4 is 15.9 Å². The average molecular weight is 391 g/mol. The molecule has 27 heavy (non-hydrogen) atoms. The van der Waals surface area contributed by atoms with Gasteiger partial charge in [0.25, 0.3) is 5.91 Å². The molecule has 1 rings (SSSR count). The number of amides is 1. The van der Waals surface area contributed by atoms with Crippen LogP contribution in [0.5, 0.6) is 0 Å². The second kappa shape index (κ2) is 10.8. The third-order valence-electron chi connectivity index (χ3n) is 4.14. The molecule has 0 aliphatic heterocycles. The maximum atomic E-state index is 12.8. The monoisotopic (exact) mass is 390 g/mol. The van der Waals surface area contributed by atoms with E-state index in [2.05, 4.69) is 11.9 Å². The van der Waals surface area contributed by atoms with Crippen LogP contribution in [0.25, 0.3) is 0 Å². The molecule has 0 atom stereocenters. The Labute approximate surface area is 163 Å². The molecule has 0 radical (unpaired) electrons. The Morgan fingerprint density at radius 1 is 1.22 bits per heavy atom. The van der Waals surface area contributed by atoms with Crippen molar-refractivity contribution in [2.45, 2.75) is 39.0 Å². The third kappa shape index (κ3) is 6.19. The summed E-state index contributed by atoms with van der Waals surface area (Å²) in [4.78, 5) is 12.7. The molecule has 1 aromatic rings. The molecule has 0 saturated carbocycles. The van der Waals surface area contributed by atoms with Gasteiger partial charge in [0, 0.05) is 25.2 Å². The van der Waals surface area contributed by atoms with Crippen LogP contribution in [0.1, 0.15) is 43.1 Å². The number of carbonyl (C=O) groups is 1. The molecule has 6 heteroatoms. The highest BCUT2D eigenvalue weighted by Gasteiger charge is 2.24. The number of nitrogens with one attached hydrogen (secondary N) is 1. The first-order valence-electron chi connectivity index (χ1n) is 9.18. The number of allylic oxidation sites excluding steroid dienone is 3. The number of hydrogen-bond donors (Lipinski definition) is 1. The van der Waals surface area contributed by atoms with E-state index < -0.39 is 10.0 Å². The standard InChI is InChI=1S/C21H30N2O3S/c1-6-10-12-18(11-7-2)16-22-21(24)19-14-13-17(5)20(15-19)27(25,26)23(8-3)9-4/h6,10-15H,1,7-9,16H2,2-5H3,(H,22,24)/b12-10-,18-11+. The first-order chi connectivity index (χ1) is 12.8. The second-order valence-electron chi connectivity index (χ2n) is 6.03. The van der Waals surface area contributed by atoms with Gasteiger partial charge in [0.15, 0.2) is 0 Å². The Bertz CT molecular complexity index is 820. The molecule has 0 heterocycles. The Morgan fingerprint density at radius 2 is 1.89 bits per heavy atom. The van der Waals surface area contributed by atoms with Gasteiger partial charge in [-0.2, -0.15) is 4.31 Å². The smallest absolute Gasteiger partial charge is 0.251 e. The summed E-state index contributed by atoms with van der Waals surface area (Å²) in [5.74, 6) is -0.306. The van der Waals surface area contributed by atoms with Crippen LogP contribution in [0.3, 0.4) is 0 Å². The zero-order valence-electron chi connectivity index (χ0n) is 16.7. The van der Waals surface area contributed by atoms with Crippen LogP contribution < -0.4 is 5.32 Å². The molecule has 1 aromatic carbocycles. The summed E-state index contributed by atoms with van der Waals surface area (Å²) >= 11 is 0. The zero-order valence-corrected chi connectivity index (χ0v) is 17.5. The van der Waals surface area contributed by atoms with Gasteiger partial charge in [-0.1, -0.05) is 57.7 Å². The number of nitrogens with zero attached hydrogens (tertiary/aromatic N) is 1. The zero-order chi connectivity index (χ0) is 20.4. The molecule has 0 unspecified atom stereocenters. The summed E-state index contributed by atoms with van der Waals surface area (Å²) in [6, 6.07) is 4.78. The van der Waals surface area contributed by atoms with E-state index in [0.29, 0.717) is 30.8 Å². The molecule has 0 fully saturated rings. The van der Waals surface area contributed by atoms with E-state index in [1.807, 2.05) is 25.2 Å². The van der Waals surface area contributed by atoms with Crippen LogP contribution in [0, 0.1) is 6.92 Å². The fourth-order valence-electron chi connectivity index (χ4n) is 2.66. The minimum Gasteiger partial charge on any atom is -0.348 e. The fourth-order valence-corrected chi connectivity index (χ4v) is 4.37. The highest BCUT2D eigenvalue weighted by molar-refractivity contribution is 7.89. The molecule has 1 N–H and O–H groups in total. The van der Waals surface area contributed by atoms with Crippen molar-refractivity contribution in [2.24, 2.45) is 0 Å². The number of hydrogen-bond acceptors (Lipinski definition) is 3. The Balaban J connectivity index is 3.08. The van der Waals surface area contributed by atoms with E-state index in [0.717, 1.165) is 12.0 Å². The lowest BCUT2D eigenvalue weighted by atomic mass is 10.1. The van der Waals surface area contributed by atoms with Crippen LogP contribution in [0.2, 0.25) is 0 Å². The van der Waals surface area contributed by atoms with E-state index >= 15 is 0 Å². The lowest BCUT2D eigenvalue weighted by Crippen LogP contribution is -2.31. The summed E-state index contributed by atoms with van der Waals surface area (Å²) in [6.07, 6.45) is 8.25. The summed E-state index contributed by atoms with van der Waals surface area (Å²) < 4.78 is 27.0. The molecular weight excluding hydrogens is 360 g/mol. The molecular formula is C21H30N2O3S. The lowest BCUT2D eigenvalue weighted by Gasteiger charge is -2.20. The summed E-state index contributed by atoms with van der Waals surface area (Å²) in [5.41, 5.74) is 1.92. The van der Waals surface area contributed by atoms with Crippen molar-refractivity contribution in [1.29, 1.82) is 0 Å². The van der Waals surface area contributed by atoms with Crippen LogP contribution >= 0.6 is 0 Å². The van der Waals surface area contributed by atoms with E-state index in [-0.39, 0.29) is 10.8 Å². The van der Waals surface area contributed by atoms with Crippen LogP contribution in [0.4, 0.5) is 0 Å². The van der Waals surface area contributed by atoms with Gasteiger partial charge >= 0.3 is 0 Å². The molecule has 0 spiro atoms. The Hall–Kier alpha value is -2.18. The Morgan fingerprint density at radius 3 is 2.44 bits per heavy atom. The largest absolute Gasteiger partial charge is 0.348 e. The lowest BCUT2D eigenvalue weighted by molar-refractivity contribution is 0.0957. The van der Waals surface area contributed by atoms with Crippen LogP contribution in [-0.2, 0) is 10.0 Å². The molecule has 5 nitrogen and oxygen atoms in total. The maximum absolute atomic E-state index is 12.8. The predicted octanol–water partition coefficient (Wildman–Crippen LogP) is 3.83. The normalized spacial score (nSPS) is 12.6. The first kappa shape index (κ1) is 22.9. The van der Waals surface area contributed by atoms with Crippen molar-refractivity contribution in [1.82, 2.24) is 9.62 Å². The average Bonchev–Trinajstić information content (AvgIpc) is 2.64. The van der Waals surface area contributed by atoms with Crippen LogP contribution in [-0.4, -0.2) is 38.3 Å². The van der Waals surface area contributed by atoms with Gasteiger partial charge in [-0.15, -0.1) is 0 Å². The quantitative estimate of drug-likeness (QED) is 0.617. The minimum absolute atomic E-state index is 0.176. The molecule has 0 aliphatic rings. The second-order valence-corrected chi connectivity index (χ2v) is 7.94. The van der Waals surface area contributed by atoms with Crippen molar-refractivity contribution in [2.75, 3.05) is 19.6 Å². The van der Waals surface area contributed by atoms with Gasteiger partial charge in [-0.3, -0.25) is 4.79 Å². The molecule has 0 aliphatic carbocycles. The summed E-state index contributed by atoms with van der Waals surface area (Å²) in [5, 5.41) is 2.85. The highest BCUT2D eigenvalue weighted by Crippen LogP contribution is 2.21. The summed E-state index contributed by atoms with van der Waals surface area (Å²) in [7, 11) is -3.62. The van der Waals surface area contributed by atoms with E-state index in [1.165, 1.54) is 10.4 Å². The Kier molecular flexibility index (Phi) is 9.18. The maximum Gasteiger partial charge on any atom is 0.251 e. The van der Waals surface area contributed by atoms with Gasteiger partial charge in [0.2, 0.25) is 10.0 Å². The van der Waals surface area contributed by atoms with Crippen molar-refractivity contribution in [3.05, 3.63) is 65.8 Å². The van der Waals surface area contributed by atoms with Crippen molar-refractivity contribution in [3.8, 4) is 0 Å². The van der Waals surface area contributed by atoms with Gasteiger partial charge in [-0.25, -0.2) is 8.42 Å². The van der Waals surface area contributed by atoms with Gasteiger partial charge < -0.3 is 5.32 Å². The highest BCUT2D eigenvalue weighted by atomic mass is 32.2.